The fraction of sp³-hybridized carbons (Fsp3) is 0.350. The molecule has 0 aliphatic carbocycles. The summed E-state index contributed by atoms with van der Waals surface area (Å²) in [7, 11) is 0. The maximum absolute atomic E-state index is 12.2. The number of rotatable bonds is 8. The predicted octanol–water partition coefficient (Wildman–Crippen LogP) is 2.72. The number of benzene rings is 1. The van der Waals surface area contributed by atoms with Crippen LogP contribution < -0.4 is 10.6 Å². The Kier molecular flexibility index (Phi) is 6.06. The van der Waals surface area contributed by atoms with Gasteiger partial charge in [-0.2, -0.15) is 5.10 Å². The average Bonchev–Trinajstić information content (AvgIpc) is 3.05. The molecule has 0 aliphatic rings. The summed E-state index contributed by atoms with van der Waals surface area (Å²) < 4.78 is 1.81. The number of carbonyl (C=O) groups is 1. The molecule has 1 aromatic carbocycles. The second-order valence-electron chi connectivity index (χ2n) is 6.87. The summed E-state index contributed by atoms with van der Waals surface area (Å²) in [6.45, 7) is 6.62. The second-order valence-corrected chi connectivity index (χ2v) is 6.87. The lowest BCUT2D eigenvalue weighted by Crippen LogP contribution is -2.29. The Morgan fingerprint density at radius 2 is 1.97 bits per heavy atom. The van der Waals surface area contributed by atoms with E-state index in [2.05, 4.69) is 20.7 Å². The van der Waals surface area contributed by atoms with Crippen LogP contribution in [0, 0.1) is 30.9 Å². The number of carbonyl (C=O) groups excluding carboxylic acids is 1. The zero-order valence-electron chi connectivity index (χ0n) is 16.7. The summed E-state index contributed by atoms with van der Waals surface area (Å²) in [4.78, 5) is 27.3. The zero-order chi connectivity index (χ0) is 21.0. The van der Waals surface area contributed by atoms with Crippen LogP contribution in [0.3, 0.4) is 0 Å². The maximum atomic E-state index is 12.2. The van der Waals surface area contributed by atoms with Gasteiger partial charge in [-0.1, -0.05) is 12.1 Å². The van der Waals surface area contributed by atoms with Gasteiger partial charge in [0.1, 0.15) is 5.69 Å². The Morgan fingerprint density at radius 1 is 1.21 bits per heavy atom. The number of aromatic nitrogens is 3. The third kappa shape index (κ3) is 4.68. The number of anilines is 1. The molecular weight excluding hydrogens is 372 g/mol. The molecule has 2 aromatic heterocycles. The zero-order valence-corrected chi connectivity index (χ0v) is 16.7. The quantitative estimate of drug-likeness (QED) is 0.344. The molecule has 0 bridgehead atoms. The lowest BCUT2D eigenvalue weighted by molar-refractivity contribution is -0.384. The van der Waals surface area contributed by atoms with Gasteiger partial charge in [-0.3, -0.25) is 14.9 Å². The highest BCUT2D eigenvalue weighted by molar-refractivity contribution is 5.76. The van der Waals surface area contributed by atoms with E-state index >= 15 is 0 Å². The molecule has 152 valence electrons. The van der Waals surface area contributed by atoms with Gasteiger partial charge in [0, 0.05) is 43.0 Å². The van der Waals surface area contributed by atoms with Crippen molar-refractivity contribution < 1.29 is 9.72 Å². The van der Waals surface area contributed by atoms with Gasteiger partial charge >= 0.3 is 0 Å². The van der Waals surface area contributed by atoms with Crippen LogP contribution in [0.1, 0.15) is 29.1 Å². The van der Waals surface area contributed by atoms with Crippen molar-refractivity contribution in [3.63, 3.8) is 0 Å². The monoisotopic (exact) mass is 396 g/mol. The minimum atomic E-state index is -0.433. The van der Waals surface area contributed by atoms with E-state index in [9.17, 15) is 14.9 Å². The average molecular weight is 396 g/mol. The highest BCUT2D eigenvalue weighted by Crippen LogP contribution is 2.22. The number of nitrogens with one attached hydrogen (secondary N) is 2. The number of para-hydroxylation sites is 2. The van der Waals surface area contributed by atoms with Gasteiger partial charge in [0.2, 0.25) is 5.91 Å². The number of nitro benzene ring substituents is 1. The molecule has 3 rings (SSSR count). The number of fused-ring (bicyclic) bond motifs is 1. The Hall–Kier alpha value is -3.49. The third-order valence-electron chi connectivity index (χ3n) is 4.75. The van der Waals surface area contributed by atoms with E-state index in [0.29, 0.717) is 31.6 Å². The SMILES string of the molecule is Cc1cc2nc(C)c(CCC(=O)NCCNc3ccccc3[N+](=O)[O-])c(C)n2n1. The molecule has 9 nitrogen and oxygen atoms in total. The highest BCUT2D eigenvalue weighted by atomic mass is 16.6. The van der Waals surface area contributed by atoms with E-state index < -0.39 is 4.92 Å². The molecule has 9 heteroatoms. The second kappa shape index (κ2) is 8.68. The maximum Gasteiger partial charge on any atom is 0.292 e. The predicted molar refractivity (Wildman–Crippen MR) is 110 cm³/mol. The summed E-state index contributed by atoms with van der Waals surface area (Å²) in [6.07, 6.45) is 0.906. The van der Waals surface area contributed by atoms with Crippen LogP contribution in [-0.2, 0) is 11.2 Å². The van der Waals surface area contributed by atoms with Crippen molar-refractivity contribution in [1.29, 1.82) is 0 Å². The molecule has 2 N–H and O–H groups in total. The van der Waals surface area contributed by atoms with Gasteiger partial charge in [-0.15, -0.1) is 0 Å². The van der Waals surface area contributed by atoms with Crippen LogP contribution in [0.5, 0.6) is 0 Å². The van der Waals surface area contributed by atoms with E-state index in [-0.39, 0.29) is 11.6 Å². The summed E-state index contributed by atoms with van der Waals surface area (Å²) in [6, 6.07) is 8.36. The fourth-order valence-electron chi connectivity index (χ4n) is 3.31. The van der Waals surface area contributed by atoms with E-state index in [1.54, 1.807) is 18.2 Å². The first-order valence-electron chi connectivity index (χ1n) is 9.43. The fourth-order valence-corrected chi connectivity index (χ4v) is 3.31. The summed E-state index contributed by atoms with van der Waals surface area (Å²) in [5.41, 5.74) is 5.09. The van der Waals surface area contributed by atoms with E-state index in [1.807, 2.05) is 31.4 Å². The van der Waals surface area contributed by atoms with Gasteiger partial charge in [-0.05, 0) is 38.8 Å². The minimum Gasteiger partial charge on any atom is -0.378 e. The van der Waals surface area contributed by atoms with Gasteiger partial charge < -0.3 is 10.6 Å². The molecule has 0 atom stereocenters. The van der Waals surface area contributed by atoms with Gasteiger partial charge in [-0.25, -0.2) is 9.50 Å². The minimum absolute atomic E-state index is 0.0153. The Morgan fingerprint density at radius 3 is 2.72 bits per heavy atom. The Labute approximate surface area is 168 Å². The van der Waals surface area contributed by atoms with Crippen molar-refractivity contribution in [2.45, 2.75) is 33.6 Å². The summed E-state index contributed by atoms with van der Waals surface area (Å²) >= 11 is 0. The first-order chi connectivity index (χ1) is 13.9. The molecule has 0 spiro atoms. The van der Waals surface area contributed by atoms with Crippen molar-refractivity contribution in [3.05, 3.63) is 63.1 Å². The normalized spacial score (nSPS) is 10.9. The van der Waals surface area contributed by atoms with Crippen LogP contribution >= 0.6 is 0 Å². The van der Waals surface area contributed by atoms with Gasteiger partial charge in [0.25, 0.3) is 5.69 Å². The van der Waals surface area contributed by atoms with Crippen molar-refractivity contribution in [2.75, 3.05) is 18.4 Å². The summed E-state index contributed by atoms with van der Waals surface area (Å²) in [5, 5.41) is 21.3. The summed E-state index contributed by atoms with van der Waals surface area (Å²) in [5.74, 6) is -0.0788. The highest BCUT2D eigenvalue weighted by Gasteiger charge is 2.13. The third-order valence-corrected chi connectivity index (χ3v) is 4.75. The largest absolute Gasteiger partial charge is 0.378 e. The van der Waals surface area contributed by atoms with Crippen LogP contribution in [0.25, 0.3) is 5.65 Å². The molecular formula is C20H24N6O3. The molecule has 0 saturated carbocycles. The molecule has 0 saturated heterocycles. The van der Waals surface area contributed by atoms with Crippen LogP contribution in [0.4, 0.5) is 11.4 Å². The molecule has 29 heavy (non-hydrogen) atoms. The molecule has 2 heterocycles. The van der Waals surface area contributed by atoms with Crippen LogP contribution in [0.15, 0.2) is 30.3 Å². The molecule has 0 fully saturated rings. The topological polar surface area (TPSA) is 114 Å². The van der Waals surface area contributed by atoms with E-state index in [1.165, 1.54) is 6.07 Å². The van der Waals surface area contributed by atoms with E-state index in [4.69, 9.17) is 0 Å². The van der Waals surface area contributed by atoms with E-state index in [0.717, 1.165) is 28.3 Å². The number of hydrogen-bond donors (Lipinski definition) is 2. The molecule has 0 unspecified atom stereocenters. The van der Waals surface area contributed by atoms with Crippen molar-refractivity contribution in [1.82, 2.24) is 19.9 Å². The number of aryl methyl sites for hydroxylation is 3. The lowest BCUT2D eigenvalue weighted by atomic mass is 10.1. The van der Waals surface area contributed by atoms with Crippen LogP contribution in [-0.4, -0.2) is 38.5 Å². The number of nitrogens with zero attached hydrogens (tertiary/aromatic N) is 4. The lowest BCUT2D eigenvalue weighted by Gasteiger charge is -2.11. The first-order valence-corrected chi connectivity index (χ1v) is 9.43. The molecule has 0 aliphatic heterocycles. The number of nitro groups is 1. The first kappa shape index (κ1) is 20.2. The van der Waals surface area contributed by atoms with Gasteiger partial charge in [0.15, 0.2) is 5.65 Å². The number of amides is 1. The van der Waals surface area contributed by atoms with Gasteiger partial charge in [0.05, 0.1) is 10.6 Å². The molecule has 0 radical (unpaired) electrons. The van der Waals surface area contributed by atoms with Crippen LogP contribution in [0.2, 0.25) is 0 Å². The van der Waals surface area contributed by atoms with Crippen molar-refractivity contribution >= 4 is 22.9 Å². The molecule has 3 aromatic rings. The standard InChI is InChI=1S/C20H24N6O3/c1-13-12-19-23-14(2)16(15(3)25(19)24-13)8-9-20(27)22-11-10-21-17-6-4-5-7-18(17)26(28)29/h4-7,12,21H,8-11H2,1-3H3,(H,22,27). The van der Waals surface area contributed by atoms with Crippen molar-refractivity contribution in [2.24, 2.45) is 0 Å². The van der Waals surface area contributed by atoms with Crippen molar-refractivity contribution in [3.8, 4) is 0 Å². The smallest absolute Gasteiger partial charge is 0.292 e. The Balaban J connectivity index is 1.51. The Bertz CT molecular complexity index is 1060. The molecule has 1 amide bonds. The number of hydrogen-bond acceptors (Lipinski definition) is 6.